The van der Waals surface area contributed by atoms with Crippen LogP contribution in [0.4, 0.5) is 10.1 Å². The zero-order chi connectivity index (χ0) is 21.2. The summed E-state index contributed by atoms with van der Waals surface area (Å²) in [5.41, 5.74) is 6.01. The highest BCUT2D eigenvalue weighted by atomic mass is 19.1. The van der Waals surface area contributed by atoms with Gasteiger partial charge in [0.05, 0.1) is 11.9 Å². The summed E-state index contributed by atoms with van der Waals surface area (Å²) in [6.45, 7) is 3.40. The average molecular weight is 414 g/mol. The average Bonchev–Trinajstić information content (AvgIpc) is 3.44. The Morgan fingerprint density at radius 2 is 1.97 bits per heavy atom. The lowest BCUT2D eigenvalue weighted by Gasteiger charge is -2.20. The molecule has 0 atom stereocenters. The maximum absolute atomic E-state index is 13.4. The summed E-state index contributed by atoms with van der Waals surface area (Å²) in [6.07, 6.45) is 6.34. The van der Waals surface area contributed by atoms with Gasteiger partial charge in [-0.05, 0) is 55.7 Å². The number of nitrogens with zero attached hydrogens (tertiary/aromatic N) is 4. The summed E-state index contributed by atoms with van der Waals surface area (Å²) in [5.74, 6) is 0.183. The molecule has 1 fully saturated rings. The number of aromatic nitrogens is 3. The Morgan fingerprint density at radius 1 is 1.10 bits per heavy atom. The van der Waals surface area contributed by atoms with Gasteiger partial charge >= 0.3 is 0 Å². The van der Waals surface area contributed by atoms with Crippen molar-refractivity contribution in [1.82, 2.24) is 14.6 Å². The maximum atomic E-state index is 13.4. The van der Waals surface area contributed by atoms with E-state index in [1.807, 2.05) is 18.3 Å². The van der Waals surface area contributed by atoms with Crippen molar-refractivity contribution in [2.24, 2.45) is 0 Å². The molecule has 5 nitrogen and oxygen atoms in total. The van der Waals surface area contributed by atoms with Gasteiger partial charge in [-0.2, -0.15) is 0 Å². The van der Waals surface area contributed by atoms with Crippen molar-refractivity contribution in [2.45, 2.75) is 26.4 Å². The number of hydrogen-bond acceptors (Lipinski definition) is 4. The topological polar surface area (TPSA) is 42.7 Å². The van der Waals surface area contributed by atoms with Crippen LogP contribution in [-0.2, 0) is 6.61 Å². The van der Waals surface area contributed by atoms with Crippen LogP contribution < -0.4 is 9.64 Å². The number of benzene rings is 2. The molecule has 2 aromatic carbocycles. The van der Waals surface area contributed by atoms with Gasteiger partial charge < -0.3 is 9.64 Å². The minimum Gasteiger partial charge on any atom is -0.472 e. The van der Waals surface area contributed by atoms with Gasteiger partial charge in [0, 0.05) is 29.6 Å². The molecular formula is C25H23FN4O. The van der Waals surface area contributed by atoms with E-state index in [9.17, 15) is 4.39 Å². The van der Waals surface area contributed by atoms with Crippen molar-refractivity contribution >= 4 is 11.3 Å². The van der Waals surface area contributed by atoms with E-state index < -0.39 is 0 Å². The lowest BCUT2D eigenvalue weighted by atomic mass is 10.1. The summed E-state index contributed by atoms with van der Waals surface area (Å²) < 4.78 is 20.9. The molecule has 3 heterocycles. The molecule has 6 heteroatoms. The van der Waals surface area contributed by atoms with Crippen LogP contribution in [0.3, 0.4) is 0 Å². The van der Waals surface area contributed by atoms with E-state index in [2.05, 4.69) is 52.2 Å². The van der Waals surface area contributed by atoms with Crippen LogP contribution in [0.5, 0.6) is 5.88 Å². The Balaban J connectivity index is 1.39. The molecule has 0 unspecified atom stereocenters. The number of ether oxygens (including phenoxy) is 1. The first-order valence-corrected chi connectivity index (χ1v) is 10.5. The predicted molar refractivity (Wildman–Crippen MR) is 119 cm³/mol. The quantitative estimate of drug-likeness (QED) is 0.425. The summed E-state index contributed by atoms with van der Waals surface area (Å²) in [6, 6.07) is 18.5. The van der Waals surface area contributed by atoms with Crippen LogP contribution in [0.25, 0.3) is 16.9 Å². The van der Waals surface area contributed by atoms with Gasteiger partial charge in [-0.1, -0.05) is 30.3 Å². The van der Waals surface area contributed by atoms with E-state index in [-0.39, 0.29) is 12.4 Å². The van der Waals surface area contributed by atoms with Crippen LogP contribution in [-0.4, -0.2) is 21.1 Å². The molecular weight excluding hydrogens is 391 g/mol. The third-order valence-electron chi connectivity index (χ3n) is 5.58. The molecule has 0 spiro atoms. The highest BCUT2D eigenvalue weighted by Crippen LogP contribution is 2.30. The van der Waals surface area contributed by atoms with E-state index in [0.717, 1.165) is 35.4 Å². The summed E-state index contributed by atoms with van der Waals surface area (Å²) >= 11 is 0. The van der Waals surface area contributed by atoms with Crippen LogP contribution in [0, 0.1) is 5.82 Å². The van der Waals surface area contributed by atoms with Gasteiger partial charge in [-0.25, -0.2) is 13.9 Å². The van der Waals surface area contributed by atoms with Crippen LogP contribution in [0.2, 0.25) is 0 Å². The summed E-state index contributed by atoms with van der Waals surface area (Å²) in [7, 11) is 0. The zero-order valence-electron chi connectivity index (χ0n) is 17.3. The van der Waals surface area contributed by atoms with Crippen molar-refractivity contribution in [3.05, 3.63) is 90.0 Å². The smallest absolute Gasteiger partial charge is 0.232 e. The normalized spacial score (nSPS) is 15.2. The summed E-state index contributed by atoms with van der Waals surface area (Å²) in [5, 5.41) is 4.59. The van der Waals surface area contributed by atoms with Gasteiger partial charge in [0.2, 0.25) is 5.88 Å². The highest BCUT2D eigenvalue weighted by Gasteiger charge is 2.18. The molecule has 4 aromatic rings. The Bertz CT molecular complexity index is 1250. The van der Waals surface area contributed by atoms with Crippen molar-refractivity contribution in [3.63, 3.8) is 0 Å². The first kappa shape index (κ1) is 19.3. The van der Waals surface area contributed by atoms with E-state index in [4.69, 9.17) is 4.74 Å². The zero-order valence-corrected chi connectivity index (χ0v) is 17.3. The molecule has 1 saturated heterocycles. The lowest BCUT2D eigenvalue weighted by molar-refractivity contribution is 0.288. The second-order valence-corrected chi connectivity index (χ2v) is 7.59. The van der Waals surface area contributed by atoms with Crippen molar-refractivity contribution in [1.29, 1.82) is 0 Å². The predicted octanol–water partition coefficient (Wildman–Crippen LogP) is 5.62. The van der Waals surface area contributed by atoms with Gasteiger partial charge in [0.1, 0.15) is 12.4 Å². The van der Waals surface area contributed by atoms with E-state index in [0.29, 0.717) is 5.88 Å². The third-order valence-corrected chi connectivity index (χ3v) is 5.58. The minimum absolute atomic E-state index is 0.248. The molecule has 2 aromatic heterocycles. The number of hydrogen-bond donors (Lipinski definition) is 0. The van der Waals surface area contributed by atoms with Crippen molar-refractivity contribution < 1.29 is 9.13 Å². The summed E-state index contributed by atoms with van der Waals surface area (Å²) in [4.78, 5) is 6.84. The SMILES string of the molecule is C/C=C1\CCCN1c1ccc(-c2cnc3ccc(OCc4cccc(F)c4)nn23)cc1. The van der Waals surface area contributed by atoms with Crippen molar-refractivity contribution in [3.8, 4) is 17.1 Å². The standard InChI is InChI=1S/C25H23FN4O/c1-2-21-7-4-14-29(21)22-10-8-19(9-11-22)23-16-27-24-12-13-25(28-30(23)24)31-17-18-5-3-6-20(26)15-18/h2-3,5-6,8-13,15-16H,4,7,14,17H2,1H3/b21-2+. The number of rotatable bonds is 5. The van der Waals surface area contributed by atoms with E-state index >= 15 is 0 Å². The first-order valence-electron chi connectivity index (χ1n) is 10.5. The Kier molecular flexibility index (Phi) is 5.12. The molecule has 0 bridgehead atoms. The van der Waals surface area contributed by atoms with Gasteiger partial charge in [0.15, 0.2) is 5.65 Å². The van der Waals surface area contributed by atoms with Crippen LogP contribution >= 0.6 is 0 Å². The lowest BCUT2D eigenvalue weighted by Crippen LogP contribution is -2.15. The van der Waals surface area contributed by atoms with Gasteiger partial charge in [-0.15, -0.1) is 5.10 Å². The fourth-order valence-corrected chi connectivity index (χ4v) is 4.02. The molecule has 1 aliphatic heterocycles. The second-order valence-electron chi connectivity index (χ2n) is 7.59. The van der Waals surface area contributed by atoms with Gasteiger partial charge in [-0.3, -0.25) is 0 Å². The minimum atomic E-state index is -0.277. The Hall–Kier alpha value is -3.67. The maximum Gasteiger partial charge on any atom is 0.232 e. The molecule has 1 aliphatic rings. The number of anilines is 1. The van der Waals surface area contributed by atoms with Crippen molar-refractivity contribution in [2.75, 3.05) is 11.4 Å². The number of allylic oxidation sites excluding steroid dienone is 2. The second kappa shape index (κ2) is 8.22. The van der Waals surface area contributed by atoms with Gasteiger partial charge in [0.25, 0.3) is 0 Å². The first-order chi connectivity index (χ1) is 15.2. The monoisotopic (exact) mass is 414 g/mol. The molecule has 31 heavy (non-hydrogen) atoms. The molecule has 0 aliphatic carbocycles. The number of halogens is 1. The fraction of sp³-hybridized carbons (Fsp3) is 0.200. The molecule has 0 radical (unpaired) electrons. The van der Waals surface area contributed by atoms with Crippen LogP contribution in [0.15, 0.2) is 78.6 Å². The molecule has 156 valence electrons. The largest absolute Gasteiger partial charge is 0.472 e. The number of imidazole rings is 1. The molecule has 0 amide bonds. The number of fused-ring (bicyclic) bond motifs is 1. The van der Waals surface area contributed by atoms with E-state index in [1.165, 1.54) is 29.9 Å². The molecule has 0 N–H and O–H groups in total. The molecule has 5 rings (SSSR count). The third kappa shape index (κ3) is 3.89. The molecule has 0 saturated carbocycles. The Labute approximate surface area is 180 Å². The Morgan fingerprint density at radius 3 is 2.77 bits per heavy atom. The fourth-order valence-electron chi connectivity index (χ4n) is 4.02. The highest BCUT2D eigenvalue weighted by molar-refractivity contribution is 5.67. The van der Waals surface area contributed by atoms with E-state index in [1.54, 1.807) is 16.6 Å². The van der Waals surface area contributed by atoms with Crippen LogP contribution in [0.1, 0.15) is 25.3 Å².